The van der Waals surface area contributed by atoms with Crippen LogP contribution in [-0.2, 0) is 13.3 Å². The van der Waals surface area contributed by atoms with Crippen LogP contribution in [0.1, 0.15) is 51.4 Å². The summed E-state index contributed by atoms with van der Waals surface area (Å²) < 4.78 is 18.6. The van der Waals surface area contributed by atoms with E-state index >= 15 is 0 Å². The van der Waals surface area contributed by atoms with Gasteiger partial charge in [-0.25, -0.2) is 0 Å². The Labute approximate surface area is 135 Å². The zero-order valence-electron chi connectivity index (χ0n) is 14.1. The zero-order chi connectivity index (χ0) is 15.2. The van der Waals surface area contributed by atoms with Crippen molar-refractivity contribution in [3.63, 3.8) is 0 Å². The van der Waals surface area contributed by atoms with E-state index in [-0.39, 0.29) is 6.48 Å². The van der Waals surface area contributed by atoms with Gasteiger partial charge in [0, 0.05) is 0 Å². The normalized spacial score (nSPS) is 21.7. The van der Waals surface area contributed by atoms with Gasteiger partial charge in [0.15, 0.2) is 0 Å². The molecular formula is C15H31O3Si3. The second kappa shape index (κ2) is 8.98. The Morgan fingerprint density at radius 3 is 1.38 bits per heavy atom. The van der Waals surface area contributed by atoms with E-state index in [9.17, 15) is 0 Å². The van der Waals surface area contributed by atoms with Crippen molar-refractivity contribution >= 4 is 27.1 Å². The first kappa shape index (κ1) is 17.9. The van der Waals surface area contributed by atoms with E-state index in [0.29, 0.717) is 0 Å². The van der Waals surface area contributed by atoms with Crippen LogP contribution in [0.15, 0.2) is 0 Å². The van der Waals surface area contributed by atoms with Crippen LogP contribution in [0.25, 0.3) is 0 Å². The number of hydrogen-bond acceptors (Lipinski definition) is 3. The Kier molecular flexibility index (Phi) is 7.65. The van der Waals surface area contributed by atoms with Crippen molar-refractivity contribution in [3.05, 3.63) is 0 Å². The zero-order valence-corrected chi connectivity index (χ0v) is 17.1. The molecule has 0 saturated heterocycles. The fourth-order valence-corrected chi connectivity index (χ4v) is 8.09. The lowest BCUT2D eigenvalue weighted by Gasteiger charge is -2.32. The summed E-state index contributed by atoms with van der Waals surface area (Å²) >= 11 is 0. The van der Waals surface area contributed by atoms with Gasteiger partial charge in [0.05, 0.1) is 0 Å². The fourth-order valence-electron chi connectivity index (χ4n) is 3.51. The Bertz CT molecular complexity index is 264. The van der Waals surface area contributed by atoms with Crippen LogP contribution in [0, 0.1) is 0 Å². The van der Waals surface area contributed by atoms with E-state index in [1.165, 1.54) is 51.4 Å². The largest absolute Gasteiger partial charge is 0.373 e. The van der Waals surface area contributed by atoms with Gasteiger partial charge in [0.25, 0.3) is 0 Å². The topological polar surface area (TPSA) is 27.7 Å². The molecule has 0 aliphatic heterocycles. The highest BCUT2D eigenvalue weighted by Gasteiger charge is 2.39. The molecule has 0 unspecified atom stereocenters. The Morgan fingerprint density at radius 2 is 1.05 bits per heavy atom. The molecule has 0 bridgehead atoms. The van der Waals surface area contributed by atoms with Gasteiger partial charge in [0.2, 0.25) is 33.6 Å². The Morgan fingerprint density at radius 1 is 0.667 bits per heavy atom. The van der Waals surface area contributed by atoms with Gasteiger partial charge in [-0.05, 0) is 37.3 Å². The van der Waals surface area contributed by atoms with Crippen LogP contribution in [0.4, 0.5) is 0 Å². The third-order valence-electron chi connectivity index (χ3n) is 4.41. The van der Waals surface area contributed by atoms with Crippen molar-refractivity contribution in [3.8, 4) is 0 Å². The van der Waals surface area contributed by atoms with Crippen molar-refractivity contribution in [1.82, 2.24) is 0 Å². The molecule has 0 aromatic carbocycles. The summed E-state index contributed by atoms with van der Waals surface area (Å²) in [6, 6.07) is 0. The Balaban J connectivity index is 1.99. The average Bonchev–Trinajstić information content (AvgIpc) is 3.08. The van der Waals surface area contributed by atoms with Crippen LogP contribution < -0.4 is 0 Å². The lowest BCUT2D eigenvalue weighted by atomic mass is 10.3. The number of rotatable bonds is 8. The van der Waals surface area contributed by atoms with Gasteiger partial charge in [-0.2, -0.15) is 0 Å². The second-order valence-electron chi connectivity index (χ2n) is 6.82. The predicted molar refractivity (Wildman–Crippen MR) is 92.2 cm³/mol. The Hall–Kier alpha value is 0.531. The third-order valence-corrected chi connectivity index (χ3v) is 8.97. The summed E-state index contributed by atoms with van der Waals surface area (Å²) in [5.41, 5.74) is 1.67. The minimum absolute atomic E-state index is 0.368. The summed E-state index contributed by atoms with van der Waals surface area (Å²) in [6.45, 7) is 8.30. The quantitative estimate of drug-likeness (QED) is 0.472. The van der Waals surface area contributed by atoms with Gasteiger partial charge in [-0.1, -0.05) is 51.4 Å². The maximum Gasteiger partial charge on any atom is 0.242 e. The molecule has 0 heterocycles. The van der Waals surface area contributed by atoms with Crippen molar-refractivity contribution in [1.29, 1.82) is 0 Å². The summed E-state index contributed by atoms with van der Waals surface area (Å²) in [4.78, 5) is 0. The van der Waals surface area contributed by atoms with E-state index in [1.807, 2.05) is 0 Å². The molecule has 0 aromatic rings. The van der Waals surface area contributed by atoms with E-state index in [4.69, 9.17) is 13.3 Å². The van der Waals surface area contributed by atoms with Crippen molar-refractivity contribution in [2.45, 2.75) is 95.1 Å². The molecule has 21 heavy (non-hydrogen) atoms. The van der Waals surface area contributed by atoms with E-state index in [1.54, 1.807) is 0 Å². The number of hydrogen-bond donors (Lipinski definition) is 0. The first-order chi connectivity index (χ1) is 10.1. The van der Waals surface area contributed by atoms with E-state index in [2.05, 4.69) is 26.2 Å². The van der Waals surface area contributed by atoms with Gasteiger partial charge >= 0.3 is 0 Å². The van der Waals surface area contributed by atoms with Crippen LogP contribution in [0.2, 0.25) is 37.3 Å². The van der Waals surface area contributed by atoms with Crippen LogP contribution in [0.3, 0.4) is 0 Å². The molecular weight excluding hydrogens is 312 g/mol. The summed E-state index contributed by atoms with van der Waals surface area (Å²) in [5, 5.41) is 0. The molecule has 2 aliphatic rings. The molecule has 6 heteroatoms. The summed E-state index contributed by atoms with van der Waals surface area (Å²) in [7, 11) is -2.38. The van der Waals surface area contributed by atoms with Crippen LogP contribution in [0.5, 0.6) is 0 Å². The molecule has 3 nitrogen and oxygen atoms in total. The van der Waals surface area contributed by atoms with Gasteiger partial charge in [-0.15, -0.1) is 0 Å². The maximum atomic E-state index is 6.55. The lowest BCUT2D eigenvalue weighted by Crippen LogP contribution is -2.39. The molecule has 2 fully saturated rings. The minimum Gasteiger partial charge on any atom is -0.373 e. The highest BCUT2D eigenvalue weighted by atomic mass is 28.3. The maximum absolute atomic E-state index is 6.55. The average molecular weight is 344 g/mol. The van der Waals surface area contributed by atoms with Crippen molar-refractivity contribution in [2.24, 2.45) is 0 Å². The van der Waals surface area contributed by atoms with Crippen LogP contribution >= 0.6 is 0 Å². The smallest absolute Gasteiger partial charge is 0.242 e. The van der Waals surface area contributed by atoms with E-state index in [0.717, 1.165) is 11.1 Å². The molecule has 0 atom stereocenters. The summed E-state index contributed by atoms with van der Waals surface area (Å²) in [6.07, 6.45) is 11.1. The fraction of sp³-hybridized carbons (Fsp3) is 1.00. The van der Waals surface area contributed by atoms with Gasteiger partial charge in [-0.3, -0.25) is 0 Å². The predicted octanol–water partition coefficient (Wildman–Crippen LogP) is 4.70. The third kappa shape index (κ3) is 5.91. The first-order valence-corrected chi connectivity index (χ1v) is 14.9. The minimum atomic E-state index is -0.806. The van der Waals surface area contributed by atoms with Crippen molar-refractivity contribution in [2.75, 3.05) is 0 Å². The summed E-state index contributed by atoms with van der Waals surface area (Å²) in [5.74, 6) is 0. The molecule has 121 valence electrons. The van der Waals surface area contributed by atoms with E-state index < -0.39 is 27.1 Å². The molecule has 0 aromatic heterocycles. The lowest BCUT2D eigenvalue weighted by molar-refractivity contribution is -0.150. The molecule has 2 rings (SSSR count). The highest BCUT2D eigenvalue weighted by Crippen LogP contribution is 2.44. The monoisotopic (exact) mass is 343 g/mol. The molecule has 2 saturated carbocycles. The molecule has 3 radical (unpaired) electrons. The molecule has 0 spiro atoms. The standard InChI is InChI=1S/C15H31O3Si3/c1-19(2)16-15(17-20(3)4)18-21(13-9-5-6-10-13)14-11-7-8-12-14/h13-15H,5-12H2,1-4H3. The van der Waals surface area contributed by atoms with Crippen molar-refractivity contribution < 1.29 is 13.3 Å². The molecule has 0 N–H and O–H groups in total. The first-order valence-electron chi connectivity index (χ1n) is 8.53. The highest BCUT2D eigenvalue weighted by molar-refractivity contribution is 6.56. The molecule has 0 amide bonds. The SMILES string of the molecule is C[Si](C)OC(O[Si](C)C)O[Si](C1CCCC1)C1CCCC1. The molecule has 2 aliphatic carbocycles. The second-order valence-corrected chi connectivity index (χ2v) is 13.6. The van der Waals surface area contributed by atoms with Gasteiger partial charge < -0.3 is 13.3 Å². The van der Waals surface area contributed by atoms with Gasteiger partial charge in [0.1, 0.15) is 0 Å². The van der Waals surface area contributed by atoms with Crippen LogP contribution in [-0.4, -0.2) is 33.6 Å².